The molecule has 0 radical (unpaired) electrons. The second kappa shape index (κ2) is 10.5. The topological polar surface area (TPSA) is 84.0 Å². The lowest BCUT2D eigenvalue weighted by molar-refractivity contribution is 0.201. The summed E-state index contributed by atoms with van der Waals surface area (Å²) in [5.41, 5.74) is 2.96. The molecule has 8 nitrogen and oxygen atoms in total. The average Bonchev–Trinajstić information content (AvgIpc) is 3.37. The van der Waals surface area contributed by atoms with Crippen molar-refractivity contribution in [2.75, 3.05) is 44.8 Å². The third-order valence-corrected chi connectivity index (χ3v) is 6.08. The highest BCUT2D eigenvalue weighted by Gasteiger charge is 2.23. The molecule has 0 spiro atoms. The summed E-state index contributed by atoms with van der Waals surface area (Å²) in [5.74, 6) is 1.73. The first-order valence-electron chi connectivity index (χ1n) is 11.4. The first-order valence-corrected chi connectivity index (χ1v) is 11.4. The summed E-state index contributed by atoms with van der Waals surface area (Å²) in [5, 5.41) is 12.4. The zero-order valence-electron chi connectivity index (χ0n) is 19.5. The van der Waals surface area contributed by atoms with Crippen LogP contribution in [0.3, 0.4) is 0 Å². The quantitative estimate of drug-likeness (QED) is 0.504. The van der Waals surface area contributed by atoms with Crippen LogP contribution >= 0.6 is 0 Å². The molecule has 2 heterocycles. The van der Waals surface area contributed by atoms with Crippen molar-refractivity contribution in [2.24, 2.45) is 13.0 Å². The molecule has 0 aliphatic carbocycles. The van der Waals surface area contributed by atoms with Crippen LogP contribution in [0, 0.1) is 12.5 Å². The summed E-state index contributed by atoms with van der Waals surface area (Å²) in [6.45, 7) is 10.2. The van der Waals surface area contributed by atoms with Crippen molar-refractivity contribution in [3.05, 3.63) is 70.3 Å². The highest BCUT2D eigenvalue weighted by Crippen LogP contribution is 2.32. The van der Waals surface area contributed by atoms with Crippen molar-refractivity contribution < 1.29 is 9.84 Å². The number of hydrogen-bond acceptors (Lipinski definition) is 6. The van der Waals surface area contributed by atoms with Gasteiger partial charge in [0.15, 0.2) is 5.69 Å². The van der Waals surface area contributed by atoms with Crippen molar-refractivity contribution in [1.82, 2.24) is 14.9 Å². The summed E-state index contributed by atoms with van der Waals surface area (Å²) in [4.78, 5) is 24.2. The lowest BCUT2D eigenvalue weighted by atomic mass is 10.00. The molecule has 3 aromatic rings. The number of aliphatic hydroxyl groups excluding tert-OH is 1. The van der Waals surface area contributed by atoms with Gasteiger partial charge in [0.25, 0.3) is 5.56 Å². The molecule has 1 fully saturated rings. The second-order valence-electron chi connectivity index (χ2n) is 8.49. The van der Waals surface area contributed by atoms with E-state index >= 15 is 0 Å². The van der Waals surface area contributed by atoms with E-state index in [1.807, 2.05) is 36.2 Å². The fourth-order valence-electron chi connectivity index (χ4n) is 4.32. The Morgan fingerprint density at radius 3 is 2.53 bits per heavy atom. The van der Waals surface area contributed by atoms with Gasteiger partial charge in [-0.15, -0.1) is 0 Å². The second-order valence-corrected chi connectivity index (χ2v) is 8.49. The van der Waals surface area contributed by atoms with Gasteiger partial charge >= 0.3 is 0 Å². The summed E-state index contributed by atoms with van der Waals surface area (Å²) in [7, 11) is 3.72. The van der Waals surface area contributed by atoms with Gasteiger partial charge in [0.2, 0.25) is 5.95 Å². The minimum Gasteiger partial charge on any atom is -0.491 e. The van der Waals surface area contributed by atoms with E-state index in [1.54, 1.807) is 35.9 Å². The Balaban J connectivity index is 1.81. The molecular weight excluding hydrogens is 430 g/mol. The van der Waals surface area contributed by atoms with E-state index in [9.17, 15) is 4.79 Å². The lowest BCUT2D eigenvalue weighted by Gasteiger charge is -2.25. The number of rotatable bonds is 8. The Bertz CT molecular complexity index is 1220. The fourth-order valence-corrected chi connectivity index (χ4v) is 4.32. The highest BCUT2D eigenvalue weighted by atomic mass is 16.5. The number of nitrogens with zero attached hydrogens (tertiary/aromatic N) is 4. The van der Waals surface area contributed by atoms with Crippen molar-refractivity contribution in [3.63, 3.8) is 0 Å². The SMILES string of the molecule is [C-]#[N+]c1ccc(-c2nc(N(C)CC3CCNC3)n(C)c(=O)c2-c2ccc(OCCO)cc2)cc1. The van der Waals surface area contributed by atoms with Gasteiger partial charge in [-0.1, -0.05) is 36.4 Å². The Hall–Kier alpha value is -3.67. The van der Waals surface area contributed by atoms with Crippen molar-refractivity contribution in [2.45, 2.75) is 6.42 Å². The molecule has 1 atom stereocenters. The molecule has 1 aliphatic rings. The van der Waals surface area contributed by atoms with Crippen LogP contribution in [-0.4, -0.2) is 54.6 Å². The molecular formula is C26H29N5O3. The van der Waals surface area contributed by atoms with Gasteiger partial charge in [0.05, 0.1) is 24.4 Å². The molecule has 0 saturated carbocycles. The number of benzene rings is 2. The average molecular weight is 460 g/mol. The van der Waals surface area contributed by atoms with E-state index in [2.05, 4.69) is 10.2 Å². The van der Waals surface area contributed by atoms with Gasteiger partial charge < -0.3 is 20.1 Å². The van der Waals surface area contributed by atoms with Crippen LogP contribution in [-0.2, 0) is 7.05 Å². The normalized spacial score (nSPS) is 15.2. The molecule has 176 valence electrons. The number of anilines is 1. The molecule has 0 bridgehead atoms. The van der Waals surface area contributed by atoms with Gasteiger partial charge in [-0.25, -0.2) is 9.83 Å². The third-order valence-electron chi connectivity index (χ3n) is 6.08. The largest absolute Gasteiger partial charge is 0.491 e. The minimum atomic E-state index is -0.144. The van der Waals surface area contributed by atoms with Crippen LogP contribution in [0.5, 0.6) is 5.75 Å². The molecule has 0 amide bonds. The molecule has 4 rings (SSSR count). The molecule has 34 heavy (non-hydrogen) atoms. The van der Waals surface area contributed by atoms with E-state index in [0.717, 1.165) is 37.2 Å². The Labute approximate surface area is 199 Å². The Morgan fingerprint density at radius 2 is 1.91 bits per heavy atom. The van der Waals surface area contributed by atoms with Crippen LogP contribution in [0.15, 0.2) is 53.3 Å². The third kappa shape index (κ3) is 4.96. The molecule has 1 aromatic heterocycles. The number of hydrogen-bond donors (Lipinski definition) is 2. The van der Waals surface area contributed by atoms with E-state index in [1.165, 1.54) is 0 Å². The molecule has 1 aliphatic heterocycles. The summed E-state index contributed by atoms with van der Waals surface area (Å²) < 4.78 is 7.07. The molecule has 2 N–H and O–H groups in total. The molecule has 2 aromatic carbocycles. The van der Waals surface area contributed by atoms with Gasteiger partial charge in [-0.05, 0) is 48.7 Å². The van der Waals surface area contributed by atoms with Crippen molar-refractivity contribution in [1.29, 1.82) is 0 Å². The molecule has 8 heteroatoms. The summed E-state index contributed by atoms with van der Waals surface area (Å²) in [6.07, 6.45) is 1.10. The number of aromatic nitrogens is 2. The molecule has 1 unspecified atom stereocenters. The fraction of sp³-hybridized carbons (Fsp3) is 0.346. The standard InChI is InChI=1S/C26H29N5O3/c1-27-21-8-4-20(5-9-21)24-23(19-6-10-22(11-7-19)34-15-14-32)25(33)31(3)26(29-24)30(2)17-18-12-13-28-16-18/h4-11,18,28,32H,12-17H2,2-3H3. The lowest BCUT2D eigenvalue weighted by Crippen LogP contribution is -2.34. The van der Waals surface area contributed by atoms with Gasteiger partial charge in [-0.2, -0.15) is 0 Å². The number of aliphatic hydroxyl groups is 1. The maximum Gasteiger partial charge on any atom is 0.263 e. The van der Waals surface area contributed by atoms with E-state index < -0.39 is 0 Å². The molecule has 1 saturated heterocycles. The van der Waals surface area contributed by atoms with Gasteiger partial charge in [0, 0.05) is 20.6 Å². The van der Waals surface area contributed by atoms with Gasteiger partial charge in [0.1, 0.15) is 12.4 Å². The van der Waals surface area contributed by atoms with E-state index in [-0.39, 0.29) is 18.8 Å². The Kier molecular flexibility index (Phi) is 7.26. The first kappa shape index (κ1) is 23.5. The first-order chi connectivity index (χ1) is 16.5. The number of nitrogens with one attached hydrogen (secondary N) is 1. The maximum absolute atomic E-state index is 13.7. The maximum atomic E-state index is 13.7. The van der Waals surface area contributed by atoms with Crippen LogP contribution in [0.25, 0.3) is 27.2 Å². The van der Waals surface area contributed by atoms with Gasteiger partial charge in [-0.3, -0.25) is 9.36 Å². The zero-order chi connectivity index (χ0) is 24.1. The van der Waals surface area contributed by atoms with Crippen LogP contribution in [0.2, 0.25) is 0 Å². The van der Waals surface area contributed by atoms with Crippen LogP contribution in [0.4, 0.5) is 11.6 Å². The van der Waals surface area contributed by atoms with Crippen molar-refractivity contribution in [3.8, 4) is 28.1 Å². The monoisotopic (exact) mass is 459 g/mol. The number of ether oxygens (including phenoxy) is 1. The van der Waals surface area contributed by atoms with E-state index in [4.69, 9.17) is 21.4 Å². The highest BCUT2D eigenvalue weighted by molar-refractivity contribution is 5.81. The zero-order valence-corrected chi connectivity index (χ0v) is 19.5. The summed E-state index contributed by atoms with van der Waals surface area (Å²) >= 11 is 0. The predicted octanol–water partition coefficient (Wildman–Crippen LogP) is 3.08. The minimum absolute atomic E-state index is 0.0666. The van der Waals surface area contributed by atoms with Crippen LogP contribution < -0.4 is 20.5 Å². The predicted molar refractivity (Wildman–Crippen MR) is 133 cm³/mol. The van der Waals surface area contributed by atoms with E-state index in [0.29, 0.717) is 34.6 Å². The Morgan fingerprint density at radius 1 is 1.21 bits per heavy atom. The van der Waals surface area contributed by atoms with Crippen LogP contribution in [0.1, 0.15) is 6.42 Å². The summed E-state index contributed by atoms with van der Waals surface area (Å²) in [6, 6.07) is 14.4. The van der Waals surface area contributed by atoms with Crippen molar-refractivity contribution >= 4 is 11.6 Å². The smallest absolute Gasteiger partial charge is 0.263 e.